The van der Waals surface area contributed by atoms with Gasteiger partial charge in [-0.15, -0.1) is 0 Å². The van der Waals surface area contributed by atoms with Crippen molar-refractivity contribution in [3.63, 3.8) is 0 Å². The molecule has 0 bridgehead atoms. The molecule has 1 aliphatic carbocycles. The van der Waals surface area contributed by atoms with Crippen LogP contribution in [0.25, 0.3) is 11.0 Å². The zero-order valence-corrected chi connectivity index (χ0v) is 15.3. The number of H-pyrrole nitrogens is 1. The molecule has 6 nitrogen and oxygen atoms in total. The number of aryl methyl sites for hydroxylation is 1. The van der Waals surface area contributed by atoms with Crippen LogP contribution in [0.4, 0.5) is 0 Å². The van der Waals surface area contributed by atoms with Crippen LogP contribution in [0, 0.1) is 0 Å². The second-order valence-electron chi connectivity index (χ2n) is 6.01. The number of sulfonamides is 1. The molecule has 9 heteroatoms. The van der Waals surface area contributed by atoms with E-state index in [1.165, 1.54) is 17.7 Å². The summed E-state index contributed by atoms with van der Waals surface area (Å²) in [7, 11) is -3.81. The van der Waals surface area contributed by atoms with Crippen molar-refractivity contribution in [2.24, 2.45) is 0 Å². The molecular weight excluding hydrogens is 383 g/mol. The smallest absolute Gasteiger partial charge is 0.243 e. The van der Waals surface area contributed by atoms with Crippen LogP contribution in [0.15, 0.2) is 35.5 Å². The van der Waals surface area contributed by atoms with Crippen molar-refractivity contribution in [1.82, 2.24) is 19.9 Å². The molecule has 1 aromatic carbocycles. The second-order valence-corrected chi connectivity index (χ2v) is 8.47. The minimum absolute atomic E-state index is 0.0764. The minimum Gasteiger partial charge on any atom is -0.261 e. The predicted molar refractivity (Wildman–Crippen MR) is 96.5 cm³/mol. The number of nitrogens with one attached hydrogen (secondary N) is 2. The average molecular weight is 397 g/mol. The van der Waals surface area contributed by atoms with E-state index in [9.17, 15) is 8.42 Å². The maximum Gasteiger partial charge on any atom is 0.243 e. The highest BCUT2D eigenvalue weighted by atomic mass is 35.5. The van der Waals surface area contributed by atoms with E-state index >= 15 is 0 Å². The van der Waals surface area contributed by atoms with Gasteiger partial charge in [0.25, 0.3) is 0 Å². The molecule has 0 fully saturated rings. The summed E-state index contributed by atoms with van der Waals surface area (Å²) < 4.78 is 28.2. The molecule has 25 heavy (non-hydrogen) atoms. The zero-order valence-electron chi connectivity index (χ0n) is 13.0. The maximum absolute atomic E-state index is 12.7. The van der Waals surface area contributed by atoms with E-state index < -0.39 is 10.0 Å². The van der Waals surface area contributed by atoms with Crippen LogP contribution >= 0.6 is 23.2 Å². The Balaban J connectivity index is 1.62. The van der Waals surface area contributed by atoms with E-state index in [-0.39, 0.29) is 21.0 Å². The van der Waals surface area contributed by atoms with Crippen molar-refractivity contribution in [3.05, 3.63) is 51.8 Å². The third-order valence-electron chi connectivity index (χ3n) is 4.40. The summed E-state index contributed by atoms with van der Waals surface area (Å²) >= 11 is 12.1. The first-order chi connectivity index (χ1) is 12.0. The summed E-state index contributed by atoms with van der Waals surface area (Å²) in [5, 5.41) is 8.08. The lowest BCUT2D eigenvalue weighted by Gasteiger charge is -2.25. The van der Waals surface area contributed by atoms with Crippen molar-refractivity contribution in [1.29, 1.82) is 0 Å². The Labute approximate surface area is 154 Å². The van der Waals surface area contributed by atoms with E-state index in [0.29, 0.717) is 12.8 Å². The molecule has 0 spiro atoms. The van der Waals surface area contributed by atoms with E-state index in [0.717, 1.165) is 23.0 Å². The molecule has 2 aromatic heterocycles. The van der Waals surface area contributed by atoms with E-state index in [1.807, 2.05) is 0 Å². The number of aromatic nitrogens is 3. The quantitative estimate of drug-likeness (QED) is 0.711. The van der Waals surface area contributed by atoms with Crippen LogP contribution in [0.1, 0.15) is 17.5 Å². The minimum atomic E-state index is -3.81. The van der Waals surface area contributed by atoms with Gasteiger partial charge in [0.15, 0.2) is 5.65 Å². The van der Waals surface area contributed by atoms with E-state index in [2.05, 4.69) is 19.9 Å². The monoisotopic (exact) mass is 396 g/mol. The topological polar surface area (TPSA) is 87.7 Å². The lowest BCUT2D eigenvalue weighted by Crippen LogP contribution is -2.39. The first-order valence-electron chi connectivity index (χ1n) is 7.72. The number of benzene rings is 1. The molecule has 0 saturated carbocycles. The fourth-order valence-corrected chi connectivity index (χ4v) is 5.68. The summed E-state index contributed by atoms with van der Waals surface area (Å²) in [5.41, 5.74) is 2.95. The molecule has 4 rings (SSSR count). The Morgan fingerprint density at radius 2 is 1.96 bits per heavy atom. The molecule has 2 N–H and O–H groups in total. The van der Waals surface area contributed by atoms with Crippen LogP contribution < -0.4 is 4.72 Å². The molecule has 1 atom stereocenters. The molecule has 0 aliphatic heterocycles. The number of rotatable bonds is 3. The van der Waals surface area contributed by atoms with Crippen molar-refractivity contribution in [2.75, 3.05) is 0 Å². The largest absolute Gasteiger partial charge is 0.261 e. The standard InChI is InChI=1S/C16H14Cl2N4O2S/c17-13-2-1-3-14(18)15(13)25(23,24)22-10-4-5-11-9(6-10)7-19-16-12(11)8-20-21-16/h1-3,7-8,10,22H,4-6H2,(H,19,20,21). The normalized spacial score (nSPS) is 17.6. The van der Waals surface area contributed by atoms with Crippen LogP contribution in [0.3, 0.4) is 0 Å². The summed E-state index contributed by atoms with van der Waals surface area (Å²) in [6.07, 6.45) is 5.52. The molecule has 3 aromatic rings. The van der Waals surface area contributed by atoms with Gasteiger partial charge in [-0.2, -0.15) is 5.10 Å². The Bertz CT molecular complexity index is 1040. The number of hydrogen-bond acceptors (Lipinski definition) is 4. The number of nitrogens with zero attached hydrogens (tertiary/aromatic N) is 2. The summed E-state index contributed by atoms with van der Waals surface area (Å²) in [6, 6.07) is 4.40. The zero-order chi connectivity index (χ0) is 17.6. The summed E-state index contributed by atoms with van der Waals surface area (Å²) in [5.74, 6) is 0. The Morgan fingerprint density at radius 1 is 1.20 bits per heavy atom. The van der Waals surface area contributed by atoms with Crippen molar-refractivity contribution < 1.29 is 8.42 Å². The second kappa shape index (κ2) is 6.25. The molecule has 1 aliphatic rings. The van der Waals surface area contributed by atoms with Crippen LogP contribution in [0.2, 0.25) is 10.0 Å². The highest BCUT2D eigenvalue weighted by Gasteiger charge is 2.28. The fraction of sp³-hybridized carbons (Fsp3) is 0.250. The summed E-state index contributed by atoms with van der Waals surface area (Å²) in [4.78, 5) is 4.26. The SMILES string of the molecule is O=S(=O)(NC1CCc2c(cnc3[nH]ncc23)C1)c1c(Cl)cccc1Cl. The van der Waals surface area contributed by atoms with E-state index in [4.69, 9.17) is 23.2 Å². The Hall–Kier alpha value is -1.67. The number of hydrogen-bond donors (Lipinski definition) is 2. The van der Waals surface area contributed by atoms with Crippen molar-refractivity contribution >= 4 is 44.3 Å². The third kappa shape index (κ3) is 3.01. The van der Waals surface area contributed by atoms with Crippen molar-refractivity contribution in [2.45, 2.75) is 30.2 Å². The maximum atomic E-state index is 12.7. The van der Waals surface area contributed by atoms with Gasteiger partial charge in [-0.05, 0) is 42.5 Å². The van der Waals surface area contributed by atoms with Gasteiger partial charge < -0.3 is 0 Å². The third-order valence-corrected chi connectivity index (χ3v) is 6.88. The molecular formula is C16H14Cl2N4O2S. The van der Waals surface area contributed by atoms with Gasteiger partial charge in [0.1, 0.15) is 4.90 Å². The van der Waals surface area contributed by atoms with Gasteiger partial charge in [-0.3, -0.25) is 5.10 Å². The van der Waals surface area contributed by atoms with Gasteiger partial charge in [0.05, 0.1) is 16.2 Å². The van der Waals surface area contributed by atoms with Crippen LogP contribution in [-0.4, -0.2) is 29.6 Å². The van der Waals surface area contributed by atoms with Gasteiger partial charge in [0.2, 0.25) is 10.0 Å². The fourth-order valence-electron chi connectivity index (χ4n) is 3.27. The summed E-state index contributed by atoms with van der Waals surface area (Å²) in [6.45, 7) is 0. The number of fused-ring (bicyclic) bond motifs is 3. The number of pyridine rings is 1. The molecule has 2 heterocycles. The van der Waals surface area contributed by atoms with Crippen LogP contribution in [0.5, 0.6) is 0 Å². The Kier molecular flexibility index (Phi) is 4.19. The van der Waals surface area contributed by atoms with Gasteiger partial charge in [-0.25, -0.2) is 18.1 Å². The lowest BCUT2D eigenvalue weighted by atomic mass is 9.88. The molecule has 0 radical (unpaired) electrons. The molecule has 1 unspecified atom stereocenters. The number of aromatic amines is 1. The first kappa shape index (κ1) is 16.8. The highest BCUT2D eigenvalue weighted by molar-refractivity contribution is 7.89. The van der Waals surface area contributed by atoms with Gasteiger partial charge >= 0.3 is 0 Å². The lowest BCUT2D eigenvalue weighted by molar-refractivity contribution is 0.508. The highest BCUT2D eigenvalue weighted by Crippen LogP contribution is 2.31. The van der Waals surface area contributed by atoms with Gasteiger partial charge in [-0.1, -0.05) is 29.3 Å². The van der Waals surface area contributed by atoms with Crippen molar-refractivity contribution in [3.8, 4) is 0 Å². The number of halogens is 2. The van der Waals surface area contributed by atoms with E-state index in [1.54, 1.807) is 18.5 Å². The Morgan fingerprint density at radius 3 is 2.72 bits per heavy atom. The van der Waals surface area contributed by atoms with Crippen LogP contribution in [-0.2, 0) is 22.9 Å². The molecule has 130 valence electrons. The first-order valence-corrected chi connectivity index (χ1v) is 9.96. The molecule has 0 saturated heterocycles. The average Bonchev–Trinajstić information content (AvgIpc) is 3.02. The molecule has 0 amide bonds. The van der Waals surface area contributed by atoms with Gasteiger partial charge in [0, 0.05) is 17.6 Å². The predicted octanol–water partition coefficient (Wildman–Crippen LogP) is 3.10.